The molecule has 5 nitrogen and oxygen atoms in total. The second kappa shape index (κ2) is 4.80. The third-order valence-electron chi connectivity index (χ3n) is 3.34. The summed E-state index contributed by atoms with van der Waals surface area (Å²) in [4.78, 5) is 23.1. The molecule has 2 amide bonds. The van der Waals surface area contributed by atoms with Gasteiger partial charge in [-0.05, 0) is 29.2 Å². The van der Waals surface area contributed by atoms with Crippen molar-refractivity contribution in [1.82, 2.24) is 5.32 Å². The zero-order valence-electron chi connectivity index (χ0n) is 10.6. The maximum Gasteiger partial charge on any atom is 0.488 e. The Bertz CT molecular complexity index is 776. The van der Waals surface area contributed by atoms with Crippen LogP contribution in [-0.2, 0) is 0 Å². The molecule has 1 heterocycles. The van der Waals surface area contributed by atoms with Crippen molar-refractivity contribution in [3.8, 4) is 11.1 Å². The van der Waals surface area contributed by atoms with Crippen LogP contribution >= 0.6 is 0 Å². The summed E-state index contributed by atoms with van der Waals surface area (Å²) in [5, 5.41) is 20.4. The van der Waals surface area contributed by atoms with Crippen LogP contribution < -0.4 is 10.8 Å². The van der Waals surface area contributed by atoms with Crippen LogP contribution in [0.3, 0.4) is 0 Å². The van der Waals surface area contributed by atoms with E-state index in [1.807, 2.05) is 0 Å². The van der Waals surface area contributed by atoms with Gasteiger partial charge in [-0.1, -0.05) is 18.2 Å². The van der Waals surface area contributed by atoms with Gasteiger partial charge in [0.15, 0.2) is 0 Å². The SMILES string of the molecule is O=C1NC(=O)c2cc(-c3cc(B(O)O)ccc3F)ccc21. The molecule has 1 aliphatic rings. The number of fused-ring (bicyclic) bond motifs is 1. The van der Waals surface area contributed by atoms with Crippen LogP contribution in [0.15, 0.2) is 36.4 Å². The molecule has 0 aromatic heterocycles. The van der Waals surface area contributed by atoms with E-state index in [-0.39, 0.29) is 22.2 Å². The minimum Gasteiger partial charge on any atom is -0.423 e. The van der Waals surface area contributed by atoms with E-state index in [1.54, 1.807) is 0 Å². The number of hydrogen-bond donors (Lipinski definition) is 3. The highest BCUT2D eigenvalue weighted by atomic mass is 19.1. The summed E-state index contributed by atoms with van der Waals surface area (Å²) in [5.41, 5.74) is 1.04. The van der Waals surface area contributed by atoms with Crippen molar-refractivity contribution in [3.63, 3.8) is 0 Å². The lowest BCUT2D eigenvalue weighted by molar-refractivity contribution is 0.0879. The summed E-state index contributed by atoms with van der Waals surface area (Å²) >= 11 is 0. The van der Waals surface area contributed by atoms with E-state index in [1.165, 1.54) is 30.3 Å². The van der Waals surface area contributed by atoms with E-state index in [2.05, 4.69) is 5.32 Å². The number of carbonyl (C=O) groups excluding carboxylic acids is 2. The van der Waals surface area contributed by atoms with Gasteiger partial charge >= 0.3 is 7.12 Å². The van der Waals surface area contributed by atoms with Crippen molar-refractivity contribution >= 4 is 24.4 Å². The Morgan fingerprint density at radius 3 is 2.33 bits per heavy atom. The number of benzene rings is 2. The Labute approximate surface area is 119 Å². The molecule has 0 unspecified atom stereocenters. The number of carbonyl (C=O) groups is 2. The van der Waals surface area contributed by atoms with Crippen LogP contribution in [-0.4, -0.2) is 29.0 Å². The van der Waals surface area contributed by atoms with Crippen molar-refractivity contribution in [1.29, 1.82) is 0 Å². The lowest BCUT2D eigenvalue weighted by Gasteiger charge is -2.07. The van der Waals surface area contributed by atoms with E-state index in [0.29, 0.717) is 5.56 Å². The van der Waals surface area contributed by atoms with Gasteiger partial charge in [0, 0.05) is 5.56 Å². The van der Waals surface area contributed by atoms with Crippen LogP contribution in [0, 0.1) is 5.82 Å². The maximum atomic E-state index is 13.9. The van der Waals surface area contributed by atoms with E-state index in [9.17, 15) is 14.0 Å². The fourth-order valence-electron chi connectivity index (χ4n) is 2.26. The van der Waals surface area contributed by atoms with Gasteiger partial charge in [0.2, 0.25) is 0 Å². The molecule has 0 aliphatic carbocycles. The van der Waals surface area contributed by atoms with Crippen LogP contribution in [0.1, 0.15) is 20.7 Å². The number of halogens is 1. The molecule has 21 heavy (non-hydrogen) atoms. The molecule has 0 bridgehead atoms. The highest BCUT2D eigenvalue weighted by Gasteiger charge is 2.27. The van der Waals surface area contributed by atoms with Gasteiger partial charge in [0.25, 0.3) is 11.8 Å². The van der Waals surface area contributed by atoms with Gasteiger partial charge in [0.05, 0.1) is 11.1 Å². The molecule has 2 aromatic carbocycles. The van der Waals surface area contributed by atoms with Crippen LogP contribution in [0.4, 0.5) is 4.39 Å². The van der Waals surface area contributed by atoms with Gasteiger partial charge < -0.3 is 10.0 Å². The molecule has 0 saturated carbocycles. The average molecular weight is 285 g/mol. The fourth-order valence-corrected chi connectivity index (χ4v) is 2.26. The quantitative estimate of drug-likeness (QED) is 0.538. The number of hydrogen-bond acceptors (Lipinski definition) is 4. The van der Waals surface area contributed by atoms with Crippen molar-refractivity contribution in [2.24, 2.45) is 0 Å². The first-order chi connectivity index (χ1) is 9.97. The molecule has 0 fully saturated rings. The summed E-state index contributed by atoms with van der Waals surface area (Å²) in [6.45, 7) is 0. The van der Waals surface area contributed by atoms with Crippen LogP contribution in [0.5, 0.6) is 0 Å². The van der Waals surface area contributed by atoms with Gasteiger partial charge in [0.1, 0.15) is 5.82 Å². The lowest BCUT2D eigenvalue weighted by atomic mass is 9.79. The second-order valence-corrected chi connectivity index (χ2v) is 4.66. The molecule has 0 radical (unpaired) electrons. The standard InChI is InChI=1S/C14H9BFNO4/c16-12-4-2-8(15(20)21)6-10(12)7-1-3-9-11(5-7)14(19)17-13(9)18/h1-6,20-21H,(H,17,18,19). The predicted octanol–water partition coefficient (Wildman–Crippen LogP) is 0.0561. The maximum absolute atomic E-state index is 13.9. The summed E-state index contributed by atoms with van der Waals surface area (Å²) in [6.07, 6.45) is 0. The first kappa shape index (κ1) is 13.5. The van der Waals surface area contributed by atoms with Crippen LogP contribution in [0.2, 0.25) is 0 Å². The van der Waals surface area contributed by atoms with Crippen molar-refractivity contribution < 1.29 is 24.0 Å². The molecule has 1 aliphatic heterocycles. The summed E-state index contributed by atoms with van der Waals surface area (Å²) in [7, 11) is -1.72. The topological polar surface area (TPSA) is 86.6 Å². The molecule has 104 valence electrons. The lowest BCUT2D eigenvalue weighted by Crippen LogP contribution is -2.29. The monoisotopic (exact) mass is 285 g/mol. The Morgan fingerprint density at radius 1 is 0.905 bits per heavy atom. The van der Waals surface area contributed by atoms with Gasteiger partial charge in [-0.2, -0.15) is 0 Å². The predicted molar refractivity (Wildman–Crippen MR) is 73.5 cm³/mol. The Balaban J connectivity index is 2.14. The molecular formula is C14H9BFNO4. The molecule has 2 aromatic rings. The molecule has 0 atom stereocenters. The molecule has 0 saturated heterocycles. The Hall–Kier alpha value is -2.51. The van der Waals surface area contributed by atoms with Gasteiger partial charge in [-0.25, -0.2) is 4.39 Å². The minimum atomic E-state index is -1.72. The van der Waals surface area contributed by atoms with Crippen molar-refractivity contribution in [2.45, 2.75) is 0 Å². The first-order valence-electron chi connectivity index (χ1n) is 6.13. The third-order valence-corrected chi connectivity index (χ3v) is 3.34. The van der Waals surface area contributed by atoms with E-state index in [0.717, 1.165) is 6.07 Å². The molecular weight excluding hydrogens is 276 g/mol. The number of imide groups is 1. The van der Waals surface area contributed by atoms with Crippen molar-refractivity contribution in [2.75, 3.05) is 0 Å². The van der Waals surface area contributed by atoms with Crippen LogP contribution in [0.25, 0.3) is 11.1 Å². The molecule has 3 N–H and O–H groups in total. The van der Waals surface area contributed by atoms with Gasteiger partial charge in [-0.15, -0.1) is 0 Å². The summed E-state index contributed by atoms with van der Waals surface area (Å²) in [5.74, 6) is -1.58. The van der Waals surface area contributed by atoms with E-state index >= 15 is 0 Å². The first-order valence-corrected chi connectivity index (χ1v) is 6.13. The average Bonchev–Trinajstić information content (AvgIpc) is 2.74. The van der Waals surface area contributed by atoms with Crippen molar-refractivity contribution in [3.05, 3.63) is 53.3 Å². The largest absolute Gasteiger partial charge is 0.488 e. The highest BCUT2D eigenvalue weighted by Crippen LogP contribution is 2.26. The highest BCUT2D eigenvalue weighted by molar-refractivity contribution is 6.58. The smallest absolute Gasteiger partial charge is 0.423 e. The Kier molecular flexibility index (Phi) is 3.08. The molecule has 7 heteroatoms. The normalized spacial score (nSPS) is 13.1. The zero-order chi connectivity index (χ0) is 15.1. The van der Waals surface area contributed by atoms with E-state index < -0.39 is 24.7 Å². The number of rotatable bonds is 2. The summed E-state index contributed by atoms with van der Waals surface area (Å²) in [6, 6.07) is 8.00. The minimum absolute atomic E-state index is 0.121. The second-order valence-electron chi connectivity index (χ2n) is 4.66. The number of nitrogens with one attached hydrogen (secondary N) is 1. The fraction of sp³-hybridized carbons (Fsp3) is 0. The third kappa shape index (κ3) is 2.22. The Morgan fingerprint density at radius 2 is 1.62 bits per heavy atom. The van der Waals surface area contributed by atoms with E-state index in [4.69, 9.17) is 10.0 Å². The van der Waals surface area contributed by atoms with Gasteiger partial charge in [-0.3, -0.25) is 14.9 Å². The zero-order valence-corrected chi connectivity index (χ0v) is 10.6. The number of amides is 2. The summed E-state index contributed by atoms with van der Waals surface area (Å²) < 4.78 is 13.9. The molecule has 3 rings (SSSR count). The molecule has 0 spiro atoms.